The van der Waals surface area contributed by atoms with Crippen molar-refractivity contribution in [3.8, 4) is 0 Å². The molecule has 0 spiro atoms. The summed E-state index contributed by atoms with van der Waals surface area (Å²) < 4.78 is 15.1. The Labute approximate surface area is 176 Å². The number of hydrogen-bond acceptors (Lipinski definition) is 4. The zero-order valence-corrected chi connectivity index (χ0v) is 18.0. The fourth-order valence-corrected chi connectivity index (χ4v) is 6.82. The molecular formula is C23H31FN2O2S. The summed E-state index contributed by atoms with van der Waals surface area (Å²) in [6.07, 6.45) is 2.15. The van der Waals surface area contributed by atoms with Gasteiger partial charge >= 0.3 is 0 Å². The first-order valence-corrected chi connectivity index (χ1v) is 11.6. The van der Waals surface area contributed by atoms with Gasteiger partial charge in [0.1, 0.15) is 5.82 Å². The number of halogens is 1. The highest BCUT2D eigenvalue weighted by Gasteiger charge is 2.54. The van der Waals surface area contributed by atoms with E-state index in [4.69, 9.17) is 5.73 Å². The lowest BCUT2D eigenvalue weighted by Crippen LogP contribution is -2.62. The lowest BCUT2D eigenvalue weighted by Gasteiger charge is -2.51. The Bertz CT molecular complexity index is 814. The van der Waals surface area contributed by atoms with Crippen LogP contribution in [0.3, 0.4) is 0 Å². The molecular weight excluding hydrogens is 387 g/mol. The molecule has 0 bridgehead atoms. The summed E-state index contributed by atoms with van der Waals surface area (Å²) in [7, 11) is 0. The Morgan fingerprint density at radius 3 is 2.79 bits per heavy atom. The maximum Gasteiger partial charge on any atom is 0.234 e. The molecule has 3 aliphatic rings. The van der Waals surface area contributed by atoms with Crippen molar-refractivity contribution in [3.05, 3.63) is 46.6 Å². The number of hydrogen-bond donors (Lipinski definition) is 3. The average Bonchev–Trinajstić information content (AvgIpc) is 3.15. The molecule has 4 N–H and O–H groups in total. The molecule has 0 radical (unpaired) electrons. The number of fused-ring (bicyclic) bond motifs is 3. The van der Waals surface area contributed by atoms with E-state index in [0.29, 0.717) is 18.5 Å². The van der Waals surface area contributed by atoms with Crippen LogP contribution in [0.5, 0.6) is 0 Å². The van der Waals surface area contributed by atoms with Gasteiger partial charge in [0.2, 0.25) is 5.91 Å². The topological polar surface area (TPSA) is 75.3 Å². The molecule has 2 fully saturated rings. The van der Waals surface area contributed by atoms with Gasteiger partial charge in [0.25, 0.3) is 0 Å². The molecule has 1 saturated carbocycles. The minimum absolute atomic E-state index is 0.00399. The largest absolute Gasteiger partial charge is 0.392 e. The molecule has 4 nitrogen and oxygen atoms in total. The van der Waals surface area contributed by atoms with Gasteiger partial charge in [-0.2, -0.15) is 0 Å². The first-order valence-electron chi connectivity index (χ1n) is 10.6. The Morgan fingerprint density at radius 1 is 1.38 bits per heavy atom. The summed E-state index contributed by atoms with van der Waals surface area (Å²) in [6.45, 7) is 6.59. The average molecular weight is 419 g/mol. The van der Waals surface area contributed by atoms with Gasteiger partial charge in [-0.3, -0.25) is 4.79 Å². The van der Waals surface area contributed by atoms with Gasteiger partial charge in [0.05, 0.1) is 11.4 Å². The molecule has 2 aliphatic heterocycles. The molecule has 29 heavy (non-hydrogen) atoms. The van der Waals surface area contributed by atoms with Crippen molar-refractivity contribution in [2.45, 2.75) is 56.4 Å². The highest BCUT2D eigenvalue weighted by atomic mass is 32.2. The highest BCUT2D eigenvalue weighted by molar-refractivity contribution is 8.03. The Hall–Kier alpha value is -1.37. The number of thioether (sulfide) groups is 1. The third kappa shape index (κ3) is 3.53. The Morgan fingerprint density at radius 2 is 2.14 bits per heavy atom. The summed E-state index contributed by atoms with van der Waals surface area (Å²) in [4.78, 5) is 12.6. The van der Waals surface area contributed by atoms with Crippen LogP contribution in [0.1, 0.15) is 50.2 Å². The predicted octanol–water partition coefficient (Wildman–Crippen LogP) is 3.37. The van der Waals surface area contributed by atoms with Crippen LogP contribution in [0.2, 0.25) is 0 Å². The molecule has 4 rings (SSSR count). The zero-order chi connectivity index (χ0) is 20.9. The van der Waals surface area contributed by atoms with Crippen molar-refractivity contribution in [1.29, 1.82) is 0 Å². The number of carbonyl (C=O) groups is 1. The number of nitrogens with two attached hydrogens (primary N) is 1. The molecule has 1 aromatic rings. The van der Waals surface area contributed by atoms with E-state index in [1.54, 1.807) is 17.8 Å². The number of piperidine rings is 1. The van der Waals surface area contributed by atoms with Crippen molar-refractivity contribution in [3.63, 3.8) is 0 Å². The molecule has 6 heteroatoms. The second kappa shape index (κ2) is 8.05. The number of carbonyl (C=O) groups excluding carboxylic acids is 1. The summed E-state index contributed by atoms with van der Waals surface area (Å²) in [5, 5.41) is 16.1. The maximum atomic E-state index is 15.1. The van der Waals surface area contributed by atoms with Gasteiger partial charge < -0.3 is 16.2 Å². The van der Waals surface area contributed by atoms with Crippen molar-refractivity contribution in [2.75, 3.05) is 6.54 Å². The smallest absolute Gasteiger partial charge is 0.234 e. The van der Waals surface area contributed by atoms with Crippen molar-refractivity contribution < 1.29 is 14.3 Å². The molecule has 1 amide bonds. The van der Waals surface area contributed by atoms with Crippen LogP contribution < -0.4 is 11.1 Å². The Kier molecular flexibility index (Phi) is 5.79. The summed E-state index contributed by atoms with van der Waals surface area (Å²) in [5.41, 5.74) is 7.36. The fourth-order valence-electron chi connectivity index (χ4n) is 5.73. The predicted molar refractivity (Wildman–Crippen MR) is 115 cm³/mol. The number of nitrogens with one attached hydrogen (secondary N) is 1. The normalized spacial score (nSPS) is 37.2. The monoisotopic (exact) mass is 418 g/mol. The SMILES string of the molecule is CC(C)C(CN)c1ccc(C2C(O)CC(C)C3NC(=O)C4SC=CC4C32)cc1F. The summed E-state index contributed by atoms with van der Waals surface area (Å²) in [5.74, 6) is 0.161. The number of benzene rings is 1. The van der Waals surface area contributed by atoms with E-state index < -0.39 is 6.10 Å². The molecule has 1 aliphatic carbocycles. The number of rotatable bonds is 4. The third-order valence-electron chi connectivity index (χ3n) is 7.23. The minimum Gasteiger partial charge on any atom is -0.392 e. The Balaban J connectivity index is 1.72. The van der Waals surface area contributed by atoms with Crippen LogP contribution in [0, 0.1) is 29.5 Å². The standard InChI is InChI=1S/C23H31FN2O2S/c1-11(2)16(10-25)14-5-4-13(9-17(14)24)19-18(27)8-12(3)21-20(19)15-6-7-29-22(15)23(28)26-21/h4-7,9,11-12,15-16,18-22,27H,8,10,25H2,1-3H3,(H,26,28). The van der Waals surface area contributed by atoms with E-state index in [1.807, 2.05) is 17.5 Å². The number of allylic oxidation sites excluding steroid dienone is 1. The van der Waals surface area contributed by atoms with Gasteiger partial charge in [0, 0.05) is 23.8 Å². The number of amides is 1. The van der Waals surface area contributed by atoms with Gasteiger partial charge in [-0.1, -0.05) is 39.0 Å². The molecule has 8 atom stereocenters. The van der Waals surface area contributed by atoms with Crippen molar-refractivity contribution in [2.24, 2.45) is 29.4 Å². The van der Waals surface area contributed by atoms with E-state index in [-0.39, 0.29) is 58.5 Å². The molecule has 8 unspecified atom stereocenters. The van der Waals surface area contributed by atoms with Crippen LogP contribution in [0.25, 0.3) is 0 Å². The molecule has 1 saturated heterocycles. The van der Waals surface area contributed by atoms with Gasteiger partial charge in [-0.15, -0.1) is 11.8 Å². The fraction of sp³-hybridized carbons (Fsp3) is 0.609. The minimum atomic E-state index is -0.554. The number of aliphatic hydroxyl groups excluding tert-OH is 1. The summed E-state index contributed by atoms with van der Waals surface area (Å²) in [6, 6.07) is 5.40. The maximum absolute atomic E-state index is 15.1. The van der Waals surface area contributed by atoms with E-state index in [1.165, 1.54) is 0 Å². The molecule has 158 valence electrons. The van der Waals surface area contributed by atoms with Crippen LogP contribution >= 0.6 is 11.8 Å². The van der Waals surface area contributed by atoms with Gasteiger partial charge in [-0.25, -0.2) is 4.39 Å². The van der Waals surface area contributed by atoms with Crippen LogP contribution in [0.15, 0.2) is 29.7 Å². The van der Waals surface area contributed by atoms with Crippen LogP contribution in [0.4, 0.5) is 4.39 Å². The van der Waals surface area contributed by atoms with E-state index >= 15 is 4.39 Å². The highest BCUT2D eigenvalue weighted by Crippen LogP contribution is 2.51. The first kappa shape index (κ1) is 20.9. The van der Waals surface area contributed by atoms with Crippen molar-refractivity contribution >= 4 is 17.7 Å². The lowest BCUT2D eigenvalue weighted by molar-refractivity contribution is -0.128. The van der Waals surface area contributed by atoms with Gasteiger partial charge in [0.15, 0.2) is 0 Å². The zero-order valence-electron chi connectivity index (χ0n) is 17.2. The van der Waals surface area contributed by atoms with Crippen LogP contribution in [-0.4, -0.2) is 35.0 Å². The van der Waals surface area contributed by atoms with E-state index in [9.17, 15) is 9.90 Å². The molecule has 2 heterocycles. The third-order valence-corrected chi connectivity index (χ3v) is 8.36. The number of aliphatic hydroxyl groups is 1. The quantitative estimate of drug-likeness (QED) is 0.701. The second-order valence-corrected chi connectivity index (χ2v) is 10.3. The van der Waals surface area contributed by atoms with Crippen LogP contribution in [-0.2, 0) is 4.79 Å². The van der Waals surface area contributed by atoms with Crippen molar-refractivity contribution in [1.82, 2.24) is 5.32 Å². The van der Waals surface area contributed by atoms with E-state index in [2.05, 4.69) is 32.2 Å². The van der Waals surface area contributed by atoms with E-state index in [0.717, 1.165) is 5.56 Å². The lowest BCUT2D eigenvalue weighted by atomic mass is 9.60. The molecule has 1 aromatic carbocycles. The summed E-state index contributed by atoms with van der Waals surface area (Å²) >= 11 is 1.54. The molecule has 0 aromatic heterocycles. The van der Waals surface area contributed by atoms with Gasteiger partial charge in [-0.05, 0) is 53.3 Å². The second-order valence-electron chi connectivity index (χ2n) is 9.25. The first-order chi connectivity index (χ1) is 13.8.